The third-order valence-corrected chi connectivity index (χ3v) is 8.87. The zero-order chi connectivity index (χ0) is 28.9. The Morgan fingerprint density at radius 1 is 1.07 bits per heavy atom. The molecule has 8 nitrogen and oxygen atoms in total. The van der Waals surface area contributed by atoms with E-state index >= 15 is 0 Å². The molecule has 2 unspecified atom stereocenters. The van der Waals surface area contributed by atoms with E-state index in [0.717, 1.165) is 18.4 Å². The van der Waals surface area contributed by atoms with E-state index < -0.39 is 29.1 Å². The van der Waals surface area contributed by atoms with E-state index in [1.54, 1.807) is 26.9 Å². The summed E-state index contributed by atoms with van der Waals surface area (Å²) in [4.78, 5) is 48.0. The normalized spacial score (nSPS) is 28.4. The summed E-state index contributed by atoms with van der Waals surface area (Å²) in [5.41, 5.74) is -0.876. The van der Waals surface area contributed by atoms with Crippen molar-refractivity contribution in [2.75, 3.05) is 32.8 Å². The molecule has 3 heterocycles. The Morgan fingerprint density at radius 2 is 1.77 bits per heavy atom. The first kappa shape index (κ1) is 30.0. The van der Waals surface area contributed by atoms with Crippen molar-refractivity contribution in [3.8, 4) is 0 Å². The van der Waals surface area contributed by atoms with Crippen LogP contribution in [0.2, 0.25) is 0 Å². The van der Waals surface area contributed by atoms with Gasteiger partial charge in [0.05, 0.1) is 17.4 Å². The van der Waals surface area contributed by atoms with Crippen molar-refractivity contribution in [3.05, 3.63) is 61.2 Å². The highest BCUT2D eigenvalue weighted by Gasteiger charge is 2.78. The summed E-state index contributed by atoms with van der Waals surface area (Å²) in [7, 11) is 0. The van der Waals surface area contributed by atoms with Gasteiger partial charge < -0.3 is 24.5 Å². The number of fused-ring (bicyclic) bond motifs is 1. The molecule has 2 bridgehead atoms. The van der Waals surface area contributed by atoms with Crippen LogP contribution in [0.4, 0.5) is 0 Å². The number of hydrogen-bond acceptors (Lipinski definition) is 5. The van der Waals surface area contributed by atoms with Gasteiger partial charge >= 0.3 is 0 Å². The van der Waals surface area contributed by atoms with Crippen LogP contribution in [0.3, 0.4) is 0 Å². The monoisotopic (exact) mass is 551 g/mol. The summed E-state index contributed by atoms with van der Waals surface area (Å²) in [5.74, 6) is -1.80. The third-order valence-electron chi connectivity index (χ3n) is 8.87. The molecule has 1 N–H and O–H groups in total. The Balaban J connectivity index is 1.73. The van der Waals surface area contributed by atoms with Crippen molar-refractivity contribution in [1.29, 1.82) is 0 Å². The van der Waals surface area contributed by atoms with Crippen LogP contribution >= 0.6 is 0 Å². The molecule has 0 aliphatic carbocycles. The molecule has 40 heavy (non-hydrogen) atoms. The standard InChI is InChI=1S/C32H45N3O5/c1-5-18-33(19-6-2)28(37)25-26-29(38)35(21-12-9-13-22-36)27(32(26)17-16-31(25,4)40-32)30(39)34(20-7-3)23-24-14-10-8-11-15-24/h5,7-8,10-11,14-15,25-27,36H,1,3,6,9,12-13,16-23H2,2,4H3/t25-,26-,27?,31+,32?/m0/s1. The SMILES string of the molecule is C=CCN(Cc1ccccc1)C(=O)C1N(CCCCCO)C(=O)[C@@H]2[C@@H](C(=O)N(CC=C)CCC)[C@@]3(C)CCC12O3. The number of ether oxygens (including phenoxy) is 1. The van der Waals surface area contributed by atoms with Gasteiger partial charge in [0.25, 0.3) is 0 Å². The van der Waals surface area contributed by atoms with Gasteiger partial charge in [0.2, 0.25) is 17.7 Å². The number of hydrogen-bond donors (Lipinski definition) is 1. The number of nitrogens with zero attached hydrogens (tertiary/aromatic N) is 3. The molecule has 4 rings (SSSR count). The summed E-state index contributed by atoms with van der Waals surface area (Å²) < 4.78 is 6.80. The molecule has 8 heteroatoms. The maximum Gasteiger partial charge on any atom is 0.248 e. The number of aliphatic hydroxyl groups excluding tert-OH is 1. The average Bonchev–Trinajstić information content (AvgIpc) is 3.51. The predicted molar refractivity (Wildman–Crippen MR) is 154 cm³/mol. The zero-order valence-corrected chi connectivity index (χ0v) is 24.1. The summed E-state index contributed by atoms with van der Waals surface area (Å²) in [6, 6.07) is 8.96. The summed E-state index contributed by atoms with van der Waals surface area (Å²) in [6.07, 6.45) is 7.41. The highest BCUT2D eigenvalue weighted by atomic mass is 16.5. The van der Waals surface area contributed by atoms with Crippen molar-refractivity contribution < 1.29 is 24.2 Å². The van der Waals surface area contributed by atoms with Crippen molar-refractivity contribution in [1.82, 2.24) is 14.7 Å². The van der Waals surface area contributed by atoms with Crippen LogP contribution < -0.4 is 0 Å². The Kier molecular flexibility index (Phi) is 9.52. The number of rotatable bonds is 15. The highest BCUT2D eigenvalue weighted by molar-refractivity contribution is 5.99. The fraction of sp³-hybridized carbons (Fsp3) is 0.594. The Labute approximate surface area is 238 Å². The van der Waals surface area contributed by atoms with Gasteiger partial charge in [-0.2, -0.15) is 0 Å². The number of carbonyl (C=O) groups is 3. The van der Waals surface area contributed by atoms with Crippen molar-refractivity contribution >= 4 is 17.7 Å². The molecule has 3 aliphatic heterocycles. The van der Waals surface area contributed by atoms with Gasteiger partial charge in [0, 0.05) is 39.3 Å². The topological polar surface area (TPSA) is 90.4 Å². The van der Waals surface area contributed by atoms with Crippen LogP contribution in [-0.2, 0) is 25.7 Å². The van der Waals surface area contributed by atoms with E-state index in [1.807, 2.05) is 44.2 Å². The van der Waals surface area contributed by atoms with E-state index in [0.29, 0.717) is 58.4 Å². The van der Waals surface area contributed by atoms with Crippen LogP contribution in [-0.4, -0.2) is 87.6 Å². The van der Waals surface area contributed by atoms with Crippen LogP contribution in [0.1, 0.15) is 57.9 Å². The minimum atomic E-state index is -1.05. The van der Waals surface area contributed by atoms with E-state index in [1.165, 1.54) is 0 Å². The Bertz CT molecular complexity index is 1090. The molecule has 3 saturated heterocycles. The molecule has 0 saturated carbocycles. The second-order valence-electron chi connectivity index (χ2n) is 11.6. The van der Waals surface area contributed by atoms with Gasteiger partial charge in [-0.25, -0.2) is 0 Å². The fourth-order valence-electron chi connectivity index (χ4n) is 7.17. The minimum Gasteiger partial charge on any atom is -0.396 e. The van der Waals surface area contributed by atoms with Gasteiger partial charge in [-0.05, 0) is 51.0 Å². The summed E-state index contributed by atoms with van der Waals surface area (Å²) in [6.45, 7) is 13.8. The van der Waals surface area contributed by atoms with Gasteiger partial charge in [0.15, 0.2) is 0 Å². The highest BCUT2D eigenvalue weighted by Crippen LogP contribution is 2.63. The molecule has 1 spiro atoms. The smallest absolute Gasteiger partial charge is 0.248 e. The van der Waals surface area contributed by atoms with Gasteiger partial charge in [-0.1, -0.05) is 49.4 Å². The lowest BCUT2D eigenvalue weighted by Gasteiger charge is -2.37. The average molecular weight is 552 g/mol. The lowest BCUT2D eigenvalue weighted by molar-refractivity contribution is -0.153. The van der Waals surface area contributed by atoms with Crippen molar-refractivity contribution in [2.45, 2.75) is 76.2 Å². The second-order valence-corrected chi connectivity index (χ2v) is 11.6. The lowest BCUT2D eigenvalue weighted by atomic mass is 9.66. The Hall–Kier alpha value is -2.97. The number of amides is 3. The molecule has 0 aromatic heterocycles. The summed E-state index contributed by atoms with van der Waals surface area (Å²) in [5, 5.41) is 9.28. The quantitative estimate of drug-likeness (QED) is 0.266. The number of likely N-dealkylation sites (tertiary alicyclic amines) is 1. The van der Waals surface area contributed by atoms with Gasteiger partial charge in [-0.15, -0.1) is 13.2 Å². The molecule has 5 atom stereocenters. The molecule has 0 radical (unpaired) electrons. The minimum absolute atomic E-state index is 0.0850. The fourth-order valence-corrected chi connectivity index (χ4v) is 7.17. The van der Waals surface area contributed by atoms with Crippen LogP contribution in [0, 0.1) is 11.8 Å². The second kappa shape index (κ2) is 12.7. The number of aliphatic hydroxyl groups is 1. The third kappa shape index (κ3) is 5.36. The maximum absolute atomic E-state index is 14.5. The maximum atomic E-state index is 14.5. The number of unbranched alkanes of at least 4 members (excludes halogenated alkanes) is 2. The molecule has 218 valence electrons. The van der Waals surface area contributed by atoms with Gasteiger partial charge in [0.1, 0.15) is 11.6 Å². The lowest BCUT2D eigenvalue weighted by Crippen LogP contribution is -2.56. The number of benzene rings is 1. The first-order valence-electron chi connectivity index (χ1n) is 14.7. The van der Waals surface area contributed by atoms with E-state index in [4.69, 9.17) is 4.74 Å². The molecule has 3 amide bonds. The van der Waals surface area contributed by atoms with Gasteiger partial charge in [-0.3, -0.25) is 14.4 Å². The van der Waals surface area contributed by atoms with Crippen molar-refractivity contribution in [3.63, 3.8) is 0 Å². The molecule has 1 aromatic carbocycles. The predicted octanol–water partition coefficient (Wildman–Crippen LogP) is 3.55. The van der Waals surface area contributed by atoms with Crippen LogP contribution in [0.25, 0.3) is 0 Å². The number of carbonyl (C=O) groups excluding carboxylic acids is 3. The van der Waals surface area contributed by atoms with Crippen molar-refractivity contribution in [2.24, 2.45) is 11.8 Å². The van der Waals surface area contributed by atoms with Crippen LogP contribution in [0.15, 0.2) is 55.6 Å². The van der Waals surface area contributed by atoms with Crippen LogP contribution in [0.5, 0.6) is 0 Å². The summed E-state index contributed by atoms with van der Waals surface area (Å²) >= 11 is 0. The molecular formula is C32H45N3O5. The van der Waals surface area contributed by atoms with E-state index in [2.05, 4.69) is 13.2 Å². The molecule has 3 fully saturated rings. The molecule has 1 aromatic rings. The largest absolute Gasteiger partial charge is 0.396 e. The Morgan fingerprint density at radius 3 is 2.42 bits per heavy atom. The van der Waals surface area contributed by atoms with E-state index in [-0.39, 0.29) is 24.3 Å². The van der Waals surface area contributed by atoms with E-state index in [9.17, 15) is 19.5 Å². The molecular weight excluding hydrogens is 506 g/mol. The zero-order valence-electron chi connectivity index (χ0n) is 24.1. The first-order chi connectivity index (χ1) is 19.3. The molecule has 3 aliphatic rings. The first-order valence-corrected chi connectivity index (χ1v) is 14.7.